The van der Waals surface area contributed by atoms with E-state index in [9.17, 15) is 19.8 Å². The second kappa shape index (κ2) is 19.5. The van der Waals surface area contributed by atoms with E-state index in [2.05, 4.69) is 31.2 Å². The van der Waals surface area contributed by atoms with Crippen LogP contribution in [0.25, 0.3) is 0 Å². The van der Waals surface area contributed by atoms with E-state index in [0.717, 1.165) is 19.3 Å². The lowest BCUT2D eigenvalue weighted by Gasteiger charge is -2.29. The molecule has 2 unspecified atom stereocenters. The Morgan fingerprint density at radius 2 is 1.45 bits per heavy atom. The highest BCUT2D eigenvalue weighted by molar-refractivity contribution is 5.71. The molecule has 0 fully saturated rings. The molecule has 0 aromatic carbocycles. The van der Waals surface area contributed by atoms with Gasteiger partial charge in [0.25, 0.3) is 0 Å². The zero-order valence-electron chi connectivity index (χ0n) is 21.3. The number of nitrogens with zero attached hydrogens (tertiary/aromatic N) is 1. The average Bonchev–Trinajstić information content (AvgIpc) is 2.68. The summed E-state index contributed by atoms with van der Waals surface area (Å²) in [4.78, 5) is 22.9. The maximum Gasteiger partial charge on any atom is 0.308 e. The number of carbonyl (C=O) groups excluding carboxylic acids is 2. The van der Waals surface area contributed by atoms with Crippen molar-refractivity contribution in [3.05, 3.63) is 36.5 Å². The molecule has 0 saturated carbocycles. The zero-order valence-corrected chi connectivity index (χ0v) is 21.3. The van der Waals surface area contributed by atoms with Crippen LogP contribution in [0.4, 0.5) is 0 Å². The van der Waals surface area contributed by atoms with Gasteiger partial charge in [0.2, 0.25) is 0 Å². The summed E-state index contributed by atoms with van der Waals surface area (Å²) in [7, 11) is 5.66. The van der Waals surface area contributed by atoms with E-state index >= 15 is 0 Å². The Labute approximate surface area is 201 Å². The number of carbonyl (C=O) groups is 2. The number of hydrogen-bond donors (Lipinski definition) is 1. The van der Waals surface area contributed by atoms with Crippen molar-refractivity contribution < 1.29 is 29.0 Å². The number of likely N-dealkylation sites (N-methyl/N-ethyl adjacent to an activating group) is 1. The van der Waals surface area contributed by atoms with Gasteiger partial charge in [0, 0.05) is 12.4 Å². The molecule has 0 aliphatic heterocycles. The summed E-state index contributed by atoms with van der Waals surface area (Å²) in [5.74, 6) is -1.85. The molecule has 0 bridgehead atoms. The van der Waals surface area contributed by atoms with Crippen molar-refractivity contribution in [1.29, 1.82) is 0 Å². The molecule has 0 amide bonds. The first-order valence-electron chi connectivity index (χ1n) is 12.5. The van der Waals surface area contributed by atoms with Gasteiger partial charge in [0.15, 0.2) is 6.10 Å². The number of quaternary nitrogens is 1. The number of allylic oxidation sites excluding steroid dienone is 5. The van der Waals surface area contributed by atoms with Crippen molar-refractivity contribution >= 4 is 11.9 Å². The molecule has 190 valence electrons. The molecule has 0 heterocycles. The van der Waals surface area contributed by atoms with E-state index in [4.69, 9.17) is 4.74 Å². The van der Waals surface area contributed by atoms with Gasteiger partial charge in [0.05, 0.1) is 33.7 Å². The minimum Gasteiger partial charge on any atom is -0.550 e. The Morgan fingerprint density at radius 3 is 2.06 bits per heavy atom. The Morgan fingerprint density at radius 1 is 0.879 bits per heavy atom. The molecular weight excluding hydrogens is 418 g/mol. The third kappa shape index (κ3) is 23.0. The van der Waals surface area contributed by atoms with Gasteiger partial charge in [-0.2, -0.15) is 0 Å². The van der Waals surface area contributed by atoms with E-state index in [1.165, 1.54) is 38.5 Å². The smallest absolute Gasteiger partial charge is 0.308 e. The lowest BCUT2D eigenvalue weighted by Crippen LogP contribution is -2.45. The fourth-order valence-electron chi connectivity index (χ4n) is 3.41. The van der Waals surface area contributed by atoms with Crippen LogP contribution in [0, 0.1) is 0 Å². The Hall–Kier alpha value is -1.92. The number of aliphatic carboxylic acids is 1. The van der Waals surface area contributed by atoms with Gasteiger partial charge in [-0.25, -0.2) is 0 Å². The predicted molar refractivity (Wildman–Crippen MR) is 132 cm³/mol. The van der Waals surface area contributed by atoms with Crippen LogP contribution in [0.5, 0.6) is 0 Å². The Bertz CT molecular complexity index is 604. The molecule has 0 aliphatic carbocycles. The summed E-state index contributed by atoms with van der Waals surface area (Å²) in [5.41, 5.74) is 0. The second-order valence-corrected chi connectivity index (χ2v) is 9.70. The van der Waals surface area contributed by atoms with E-state index in [-0.39, 0.29) is 12.8 Å². The Kier molecular flexibility index (Phi) is 18.4. The average molecular weight is 466 g/mol. The van der Waals surface area contributed by atoms with Crippen molar-refractivity contribution in [1.82, 2.24) is 0 Å². The molecule has 0 rings (SSSR count). The van der Waals surface area contributed by atoms with E-state index in [1.54, 1.807) is 0 Å². The van der Waals surface area contributed by atoms with Crippen molar-refractivity contribution in [2.45, 2.75) is 96.2 Å². The van der Waals surface area contributed by atoms with Crippen LogP contribution in [-0.4, -0.2) is 61.4 Å². The highest BCUT2D eigenvalue weighted by Crippen LogP contribution is 2.09. The highest BCUT2D eigenvalue weighted by atomic mass is 16.5. The fourth-order valence-corrected chi connectivity index (χ4v) is 3.41. The monoisotopic (exact) mass is 465 g/mol. The maximum atomic E-state index is 12.0. The number of aliphatic hydroxyl groups excluding tert-OH is 1. The minimum atomic E-state index is -1.26. The largest absolute Gasteiger partial charge is 0.550 e. The molecule has 0 radical (unpaired) electrons. The van der Waals surface area contributed by atoms with Crippen molar-refractivity contribution in [2.75, 3.05) is 27.7 Å². The number of esters is 1. The number of hydrogen-bond acceptors (Lipinski definition) is 5. The topological polar surface area (TPSA) is 86.7 Å². The first-order chi connectivity index (χ1) is 15.6. The van der Waals surface area contributed by atoms with Gasteiger partial charge >= 0.3 is 5.97 Å². The SMILES string of the molecule is CCCCCCCC/C=C/C/C=C/C/C=C/CC(O)CC(=O)OC(CC(=O)[O-])C[N+](C)(C)C. The third-order valence-corrected chi connectivity index (χ3v) is 5.02. The number of aliphatic hydroxyl groups is 1. The minimum absolute atomic E-state index is 0.162. The van der Waals surface area contributed by atoms with Crippen molar-refractivity contribution in [3.63, 3.8) is 0 Å². The van der Waals surface area contributed by atoms with E-state index < -0.39 is 24.1 Å². The zero-order chi connectivity index (χ0) is 25.0. The number of ether oxygens (including phenoxy) is 1. The lowest BCUT2D eigenvalue weighted by atomic mass is 10.1. The second-order valence-electron chi connectivity index (χ2n) is 9.70. The molecule has 2 atom stereocenters. The van der Waals surface area contributed by atoms with E-state index in [1.807, 2.05) is 33.3 Å². The van der Waals surface area contributed by atoms with Gasteiger partial charge in [-0.15, -0.1) is 0 Å². The summed E-state index contributed by atoms with van der Waals surface area (Å²) in [6, 6.07) is 0. The van der Waals surface area contributed by atoms with Crippen LogP contribution >= 0.6 is 0 Å². The number of rotatable bonds is 20. The molecule has 33 heavy (non-hydrogen) atoms. The molecule has 1 N–H and O–H groups in total. The van der Waals surface area contributed by atoms with Gasteiger partial charge in [-0.05, 0) is 32.1 Å². The van der Waals surface area contributed by atoms with Crippen LogP contribution in [0.1, 0.15) is 84.0 Å². The molecule has 0 aliphatic rings. The molecule has 0 saturated heterocycles. The summed E-state index contributed by atoms with van der Waals surface area (Å²) in [6.45, 7) is 2.60. The van der Waals surface area contributed by atoms with Gasteiger partial charge in [-0.3, -0.25) is 4.79 Å². The summed E-state index contributed by atoms with van der Waals surface area (Å²) in [6.07, 6.45) is 21.5. The van der Waals surface area contributed by atoms with Crippen LogP contribution < -0.4 is 5.11 Å². The van der Waals surface area contributed by atoms with Crippen LogP contribution in [-0.2, 0) is 14.3 Å². The van der Waals surface area contributed by atoms with E-state index in [0.29, 0.717) is 17.4 Å². The quantitative estimate of drug-likeness (QED) is 0.127. The van der Waals surface area contributed by atoms with Crippen LogP contribution in [0.15, 0.2) is 36.5 Å². The molecule has 6 heteroatoms. The lowest BCUT2D eigenvalue weighted by molar-refractivity contribution is -0.873. The summed E-state index contributed by atoms with van der Waals surface area (Å²) >= 11 is 0. The summed E-state index contributed by atoms with van der Waals surface area (Å²) < 4.78 is 5.72. The number of carboxylic acid groups (broad SMARTS) is 1. The van der Waals surface area contributed by atoms with Gasteiger partial charge in [0.1, 0.15) is 6.54 Å². The normalized spacial score (nSPS) is 14.3. The number of unbranched alkanes of at least 4 members (excludes halogenated alkanes) is 6. The number of carboxylic acids is 1. The molecule has 0 spiro atoms. The summed E-state index contributed by atoms with van der Waals surface area (Å²) in [5, 5.41) is 20.9. The molecule has 0 aromatic heterocycles. The predicted octanol–water partition coefficient (Wildman–Crippen LogP) is 4.08. The fraction of sp³-hybridized carbons (Fsp3) is 0.704. The standard InChI is InChI=1S/C27H47NO5/c1-5-6-7-8-9-10-11-12-13-14-15-16-17-18-19-20-24(29)21-27(32)33-25(22-26(30)31)23-28(2,3)4/h12-13,15-16,18-19,24-25,29H,5-11,14,17,20-23H2,1-4H3/b13-12+,16-15+,19-18+. The molecule has 6 nitrogen and oxygen atoms in total. The maximum absolute atomic E-state index is 12.0. The Balaban J connectivity index is 3.97. The van der Waals surface area contributed by atoms with Crippen molar-refractivity contribution in [3.8, 4) is 0 Å². The van der Waals surface area contributed by atoms with Gasteiger partial charge < -0.3 is 24.2 Å². The molecule has 0 aromatic rings. The first kappa shape index (κ1) is 31.1. The van der Waals surface area contributed by atoms with Gasteiger partial charge in [-0.1, -0.05) is 75.5 Å². The highest BCUT2D eigenvalue weighted by Gasteiger charge is 2.23. The first-order valence-corrected chi connectivity index (χ1v) is 12.5. The molecular formula is C27H47NO5. The third-order valence-electron chi connectivity index (χ3n) is 5.02. The van der Waals surface area contributed by atoms with Crippen molar-refractivity contribution in [2.24, 2.45) is 0 Å². The van der Waals surface area contributed by atoms with Crippen LogP contribution in [0.3, 0.4) is 0 Å². The van der Waals surface area contributed by atoms with Crippen LogP contribution in [0.2, 0.25) is 0 Å².